The lowest BCUT2D eigenvalue weighted by Gasteiger charge is -2.17. The monoisotopic (exact) mass is 214 g/mol. The normalized spacial score (nSPS) is 14.3. The van der Waals surface area contributed by atoms with Gasteiger partial charge in [-0.05, 0) is 24.5 Å². The van der Waals surface area contributed by atoms with E-state index in [0.29, 0.717) is 0 Å². The number of fused-ring (bicyclic) bond motifs is 1. The van der Waals surface area contributed by atoms with Crippen LogP contribution in [-0.4, -0.2) is 21.3 Å². The van der Waals surface area contributed by atoms with E-state index < -0.39 is 0 Å². The van der Waals surface area contributed by atoms with Gasteiger partial charge in [-0.25, -0.2) is 0 Å². The first-order valence-electron chi connectivity index (χ1n) is 5.55. The van der Waals surface area contributed by atoms with Gasteiger partial charge in [-0.1, -0.05) is 0 Å². The number of rotatable bonds is 1. The lowest BCUT2D eigenvalue weighted by molar-refractivity contribution is 0.768. The van der Waals surface area contributed by atoms with Gasteiger partial charge >= 0.3 is 0 Å². The molecule has 82 valence electrons. The smallest absolute Gasteiger partial charge is 0.0737 e. The Labute approximate surface area is 94.3 Å². The Hall–Kier alpha value is -1.84. The minimum absolute atomic E-state index is 1.01. The van der Waals surface area contributed by atoms with Crippen molar-refractivity contribution in [3.63, 3.8) is 0 Å². The zero-order chi connectivity index (χ0) is 11.0. The first-order valence-corrected chi connectivity index (χ1v) is 5.55. The third-order valence-electron chi connectivity index (χ3n) is 2.93. The molecule has 2 aromatic rings. The van der Waals surface area contributed by atoms with Gasteiger partial charge in [0.2, 0.25) is 0 Å². The molecule has 0 saturated carbocycles. The van der Waals surface area contributed by atoms with Crippen LogP contribution in [0.5, 0.6) is 0 Å². The van der Waals surface area contributed by atoms with Crippen molar-refractivity contribution in [3.8, 4) is 11.3 Å². The number of pyridine rings is 1. The van der Waals surface area contributed by atoms with Gasteiger partial charge < -0.3 is 5.32 Å². The van der Waals surface area contributed by atoms with Crippen LogP contribution < -0.4 is 5.32 Å². The Kier molecular flexibility index (Phi) is 2.13. The molecule has 16 heavy (non-hydrogen) atoms. The molecule has 0 aliphatic carbocycles. The van der Waals surface area contributed by atoms with E-state index in [4.69, 9.17) is 0 Å². The second-order valence-electron chi connectivity index (χ2n) is 4.16. The first kappa shape index (κ1) is 9.39. The number of aromatic nitrogens is 3. The molecule has 0 fully saturated rings. The molecule has 0 aromatic carbocycles. The molecule has 0 spiro atoms. The number of aryl methyl sites for hydroxylation is 2. The summed E-state index contributed by atoms with van der Waals surface area (Å²) < 4.78 is 1.80. The number of nitrogens with zero attached hydrogens (tertiary/aromatic N) is 3. The van der Waals surface area contributed by atoms with Gasteiger partial charge in [0, 0.05) is 25.4 Å². The summed E-state index contributed by atoms with van der Waals surface area (Å²) in [4.78, 5) is 4.46. The molecule has 1 aliphatic rings. The fraction of sp³-hybridized carbons (Fsp3) is 0.333. The van der Waals surface area contributed by atoms with Crippen molar-refractivity contribution in [1.29, 1.82) is 0 Å². The maximum absolute atomic E-state index is 4.46. The molecule has 0 saturated heterocycles. The predicted molar refractivity (Wildman–Crippen MR) is 63.2 cm³/mol. The van der Waals surface area contributed by atoms with Crippen LogP contribution in [-0.2, 0) is 13.5 Å². The van der Waals surface area contributed by atoms with Gasteiger partial charge in [-0.15, -0.1) is 0 Å². The van der Waals surface area contributed by atoms with E-state index in [1.54, 1.807) is 4.68 Å². The number of anilines is 1. The molecule has 1 aliphatic heterocycles. The highest BCUT2D eigenvalue weighted by molar-refractivity contribution is 5.63. The zero-order valence-corrected chi connectivity index (χ0v) is 9.27. The topological polar surface area (TPSA) is 42.7 Å². The Morgan fingerprint density at radius 3 is 3.12 bits per heavy atom. The number of hydrogen-bond donors (Lipinski definition) is 1. The zero-order valence-electron chi connectivity index (χ0n) is 9.27. The predicted octanol–water partition coefficient (Wildman–Crippen LogP) is 1.84. The van der Waals surface area contributed by atoms with Crippen LogP contribution in [0, 0.1) is 0 Å². The lowest BCUT2D eigenvalue weighted by atomic mass is 10.0. The molecule has 0 amide bonds. The summed E-state index contributed by atoms with van der Waals surface area (Å²) in [6, 6.07) is 2.17. The largest absolute Gasteiger partial charge is 0.384 e. The molecule has 0 atom stereocenters. The molecule has 4 nitrogen and oxygen atoms in total. The van der Waals surface area contributed by atoms with Crippen molar-refractivity contribution in [2.45, 2.75) is 12.8 Å². The van der Waals surface area contributed by atoms with Gasteiger partial charge in [0.1, 0.15) is 0 Å². The molecule has 3 rings (SSSR count). The van der Waals surface area contributed by atoms with E-state index in [9.17, 15) is 0 Å². The van der Waals surface area contributed by atoms with Gasteiger partial charge in [-0.3, -0.25) is 9.67 Å². The molecule has 0 radical (unpaired) electrons. The van der Waals surface area contributed by atoms with Crippen LogP contribution in [0.1, 0.15) is 12.0 Å². The van der Waals surface area contributed by atoms with Gasteiger partial charge in [0.15, 0.2) is 0 Å². The standard InChI is InChI=1S/C12H14N4/c1-16-8-10(6-15-16)11-5-9-3-2-4-13-12(9)7-14-11/h5-8,13H,2-4H2,1H3. The number of nitrogens with one attached hydrogen (secondary N) is 1. The lowest BCUT2D eigenvalue weighted by Crippen LogP contribution is -2.12. The minimum Gasteiger partial charge on any atom is -0.384 e. The minimum atomic E-state index is 1.01. The van der Waals surface area contributed by atoms with E-state index in [2.05, 4.69) is 21.5 Å². The average molecular weight is 214 g/mol. The summed E-state index contributed by atoms with van der Waals surface area (Å²) in [5, 5.41) is 7.53. The van der Waals surface area contributed by atoms with Crippen molar-refractivity contribution in [1.82, 2.24) is 14.8 Å². The Morgan fingerprint density at radius 2 is 2.31 bits per heavy atom. The second-order valence-corrected chi connectivity index (χ2v) is 4.16. The highest BCUT2D eigenvalue weighted by atomic mass is 15.2. The van der Waals surface area contributed by atoms with Crippen LogP contribution in [0.2, 0.25) is 0 Å². The highest BCUT2D eigenvalue weighted by Crippen LogP contribution is 2.25. The van der Waals surface area contributed by atoms with Crippen LogP contribution in [0.25, 0.3) is 11.3 Å². The molecule has 0 bridgehead atoms. The first-order chi connectivity index (χ1) is 7.83. The van der Waals surface area contributed by atoms with Crippen LogP contribution in [0.4, 0.5) is 5.69 Å². The van der Waals surface area contributed by atoms with Crippen molar-refractivity contribution >= 4 is 5.69 Å². The fourth-order valence-electron chi connectivity index (χ4n) is 2.08. The van der Waals surface area contributed by atoms with Gasteiger partial charge in [0.25, 0.3) is 0 Å². The summed E-state index contributed by atoms with van der Waals surface area (Å²) in [5.74, 6) is 0. The van der Waals surface area contributed by atoms with Crippen molar-refractivity contribution < 1.29 is 0 Å². The molecule has 3 heterocycles. The third-order valence-corrected chi connectivity index (χ3v) is 2.93. The van der Waals surface area contributed by atoms with E-state index in [1.807, 2.05) is 25.6 Å². The maximum Gasteiger partial charge on any atom is 0.0737 e. The van der Waals surface area contributed by atoms with Crippen molar-refractivity contribution in [2.75, 3.05) is 11.9 Å². The molecule has 4 heteroatoms. The highest BCUT2D eigenvalue weighted by Gasteiger charge is 2.11. The van der Waals surface area contributed by atoms with E-state index in [-0.39, 0.29) is 0 Å². The summed E-state index contributed by atoms with van der Waals surface area (Å²) >= 11 is 0. The SMILES string of the molecule is Cn1cc(-c2cc3c(cn2)NCCC3)cn1. The van der Waals surface area contributed by atoms with E-state index in [0.717, 1.165) is 24.2 Å². The summed E-state index contributed by atoms with van der Waals surface area (Å²) in [6.45, 7) is 1.06. The van der Waals surface area contributed by atoms with Crippen LogP contribution >= 0.6 is 0 Å². The molecular weight excluding hydrogens is 200 g/mol. The van der Waals surface area contributed by atoms with Crippen LogP contribution in [0.15, 0.2) is 24.7 Å². The Balaban J connectivity index is 2.02. The average Bonchev–Trinajstić information content (AvgIpc) is 2.75. The fourth-order valence-corrected chi connectivity index (χ4v) is 2.08. The maximum atomic E-state index is 4.46. The molecule has 1 N–H and O–H groups in total. The Morgan fingerprint density at radius 1 is 1.38 bits per heavy atom. The molecular formula is C12H14N4. The van der Waals surface area contributed by atoms with E-state index >= 15 is 0 Å². The third kappa shape index (κ3) is 1.56. The van der Waals surface area contributed by atoms with Gasteiger partial charge in [0.05, 0.1) is 23.8 Å². The van der Waals surface area contributed by atoms with Crippen molar-refractivity contribution in [3.05, 3.63) is 30.2 Å². The molecule has 0 unspecified atom stereocenters. The summed E-state index contributed by atoms with van der Waals surface area (Å²) in [5.41, 5.74) is 4.63. The number of hydrogen-bond acceptors (Lipinski definition) is 3. The van der Waals surface area contributed by atoms with Crippen LogP contribution in [0.3, 0.4) is 0 Å². The Bertz CT molecular complexity index is 515. The molecule has 2 aromatic heterocycles. The summed E-state index contributed by atoms with van der Waals surface area (Å²) in [7, 11) is 1.92. The summed E-state index contributed by atoms with van der Waals surface area (Å²) in [6.07, 6.45) is 8.11. The van der Waals surface area contributed by atoms with Crippen molar-refractivity contribution in [2.24, 2.45) is 7.05 Å². The van der Waals surface area contributed by atoms with E-state index in [1.165, 1.54) is 17.7 Å². The quantitative estimate of drug-likeness (QED) is 0.787. The second kappa shape index (κ2) is 3.63. The van der Waals surface area contributed by atoms with Gasteiger partial charge in [-0.2, -0.15) is 5.10 Å².